The minimum Gasteiger partial charge on any atom is -0.481 e. The predicted octanol–water partition coefficient (Wildman–Crippen LogP) is 3.67. The van der Waals surface area contributed by atoms with Gasteiger partial charge in [0.05, 0.1) is 41.6 Å². The van der Waals surface area contributed by atoms with Crippen molar-refractivity contribution in [2.45, 2.75) is 49.9 Å². The van der Waals surface area contributed by atoms with Crippen molar-refractivity contribution in [3.8, 4) is 5.88 Å². The molecular weight excluding hydrogens is 484 g/mol. The monoisotopic (exact) mass is 512 g/mol. The zero-order valence-electron chi connectivity index (χ0n) is 19.5. The molecule has 6 heterocycles. The van der Waals surface area contributed by atoms with Crippen LogP contribution in [0.25, 0.3) is 11.0 Å². The SMILES string of the molecule is COc1ccc2ncc(Cl)c(C(O)CN3C4CCC3CC(NCC3=CC5=CNSN5C=C3)C4)c2n1. The number of aliphatic hydroxyl groups is 1. The second kappa shape index (κ2) is 9.63. The molecule has 0 aliphatic carbocycles. The molecule has 184 valence electrons. The number of rotatable bonds is 7. The summed E-state index contributed by atoms with van der Waals surface area (Å²) in [5.74, 6) is 0.483. The molecule has 35 heavy (non-hydrogen) atoms. The third-order valence-corrected chi connectivity index (χ3v) is 8.51. The van der Waals surface area contributed by atoms with E-state index in [0.717, 1.165) is 19.4 Å². The Morgan fingerprint density at radius 1 is 1.31 bits per heavy atom. The van der Waals surface area contributed by atoms with Gasteiger partial charge in [-0.05, 0) is 49.5 Å². The minimum atomic E-state index is -0.744. The highest BCUT2D eigenvalue weighted by atomic mass is 35.5. The molecule has 4 aliphatic rings. The number of piperidine rings is 1. The van der Waals surface area contributed by atoms with Gasteiger partial charge in [-0.2, -0.15) is 0 Å². The molecular formula is C25H29ClN6O2S. The Balaban J connectivity index is 1.12. The maximum Gasteiger partial charge on any atom is 0.213 e. The molecule has 0 radical (unpaired) electrons. The average Bonchev–Trinajstić information content (AvgIpc) is 3.42. The molecule has 0 aromatic carbocycles. The Morgan fingerprint density at radius 3 is 2.94 bits per heavy atom. The number of hydrogen-bond donors (Lipinski definition) is 3. The standard InChI is InChI=1S/C25H29ClN6O2S/c1-34-23-5-4-21-25(30-23)24(20(26)13-28-21)22(33)14-31-17-2-3-18(31)10-16(9-17)27-11-15-6-7-32-19(8-15)12-29-35-32/h4-8,12-13,16-18,22,27,29,33H,2-3,9-11,14H2,1H3. The van der Waals surface area contributed by atoms with Crippen molar-refractivity contribution in [1.82, 2.24) is 29.2 Å². The molecule has 6 rings (SSSR count). The Kier molecular flexibility index (Phi) is 6.36. The second-order valence-electron chi connectivity index (χ2n) is 9.53. The molecule has 0 spiro atoms. The summed E-state index contributed by atoms with van der Waals surface area (Å²) in [6, 6.07) is 5.02. The van der Waals surface area contributed by atoms with Crippen LogP contribution in [-0.2, 0) is 0 Å². The van der Waals surface area contributed by atoms with Crippen LogP contribution in [0.3, 0.4) is 0 Å². The fourth-order valence-corrected chi connectivity index (χ4v) is 6.64. The van der Waals surface area contributed by atoms with Crippen LogP contribution in [0.15, 0.2) is 54.2 Å². The first-order chi connectivity index (χ1) is 17.1. The van der Waals surface area contributed by atoms with E-state index in [4.69, 9.17) is 16.3 Å². The third-order valence-electron chi connectivity index (χ3n) is 7.45. The summed E-state index contributed by atoms with van der Waals surface area (Å²) in [5.41, 5.74) is 4.42. The summed E-state index contributed by atoms with van der Waals surface area (Å²) >= 11 is 8.10. The van der Waals surface area contributed by atoms with Gasteiger partial charge in [-0.15, -0.1) is 0 Å². The van der Waals surface area contributed by atoms with Crippen LogP contribution in [0, 0.1) is 0 Å². The second-order valence-corrected chi connectivity index (χ2v) is 10.7. The Morgan fingerprint density at radius 2 is 2.14 bits per heavy atom. The number of methoxy groups -OCH3 is 1. The van der Waals surface area contributed by atoms with Crippen LogP contribution < -0.4 is 14.8 Å². The summed E-state index contributed by atoms with van der Waals surface area (Å²) in [4.78, 5) is 11.4. The highest BCUT2D eigenvalue weighted by Gasteiger charge is 2.41. The largest absolute Gasteiger partial charge is 0.481 e. The summed E-state index contributed by atoms with van der Waals surface area (Å²) in [5, 5.41) is 15.5. The molecule has 2 fully saturated rings. The number of hydrogen-bond acceptors (Lipinski definition) is 9. The zero-order valence-corrected chi connectivity index (χ0v) is 21.1. The van der Waals surface area contributed by atoms with Crippen LogP contribution in [-0.4, -0.2) is 62.6 Å². The molecule has 3 N–H and O–H groups in total. The number of halogens is 1. The van der Waals surface area contributed by atoms with E-state index >= 15 is 0 Å². The van der Waals surface area contributed by atoms with E-state index < -0.39 is 6.10 Å². The number of nitrogens with zero attached hydrogens (tertiary/aromatic N) is 4. The number of allylic oxidation sites excluding steroid dienone is 1. The average molecular weight is 513 g/mol. The summed E-state index contributed by atoms with van der Waals surface area (Å²) in [6.45, 7) is 1.41. The first-order valence-corrected chi connectivity index (χ1v) is 13.2. The van der Waals surface area contributed by atoms with Crippen LogP contribution >= 0.6 is 23.7 Å². The molecule has 8 nitrogen and oxygen atoms in total. The van der Waals surface area contributed by atoms with Gasteiger partial charge in [0.15, 0.2) is 0 Å². The van der Waals surface area contributed by atoms with E-state index in [1.807, 2.05) is 12.3 Å². The van der Waals surface area contributed by atoms with Gasteiger partial charge in [0.2, 0.25) is 5.88 Å². The van der Waals surface area contributed by atoms with Crippen molar-refractivity contribution in [3.63, 3.8) is 0 Å². The maximum absolute atomic E-state index is 11.3. The van der Waals surface area contributed by atoms with Gasteiger partial charge in [-0.25, -0.2) is 4.98 Å². The Bertz CT molecular complexity index is 1210. The molecule has 2 bridgehead atoms. The molecule has 0 amide bonds. The first kappa shape index (κ1) is 23.1. The van der Waals surface area contributed by atoms with Crippen molar-refractivity contribution >= 4 is 34.8 Å². The molecule has 2 aromatic rings. The lowest BCUT2D eigenvalue weighted by Gasteiger charge is -2.40. The van der Waals surface area contributed by atoms with Crippen LogP contribution in [0.2, 0.25) is 5.02 Å². The van der Waals surface area contributed by atoms with E-state index in [1.165, 1.54) is 24.1 Å². The van der Waals surface area contributed by atoms with Gasteiger partial charge < -0.3 is 19.9 Å². The molecule has 2 saturated heterocycles. The Hall–Kier alpha value is -2.30. The summed E-state index contributed by atoms with van der Waals surface area (Å²) in [6.07, 6.45) is 13.9. The van der Waals surface area contributed by atoms with Crippen LogP contribution in [0.5, 0.6) is 5.88 Å². The van der Waals surface area contributed by atoms with E-state index in [-0.39, 0.29) is 0 Å². The first-order valence-electron chi connectivity index (χ1n) is 12.1. The normalized spacial score (nSPS) is 26.4. The highest BCUT2D eigenvalue weighted by molar-refractivity contribution is 7.95. The van der Waals surface area contributed by atoms with Crippen molar-refractivity contribution in [2.75, 3.05) is 20.2 Å². The number of pyridine rings is 2. The lowest BCUT2D eigenvalue weighted by atomic mass is 9.95. The molecule has 0 saturated carbocycles. The molecule has 2 aromatic heterocycles. The van der Waals surface area contributed by atoms with Crippen molar-refractivity contribution in [1.29, 1.82) is 0 Å². The van der Waals surface area contributed by atoms with Gasteiger partial charge >= 0.3 is 0 Å². The maximum atomic E-state index is 11.3. The fourth-order valence-electron chi connectivity index (χ4n) is 5.76. The zero-order chi connectivity index (χ0) is 23.9. The Labute approximate surface area is 214 Å². The fraction of sp³-hybridized carbons (Fsp3) is 0.440. The predicted molar refractivity (Wildman–Crippen MR) is 138 cm³/mol. The van der Waals surface area contributed by atoms with E-state index in [0.29, 0.717) is 52.2 Å². The topological polar surface area (TPSA) is 85.8 Å². The van der Waals surface area contributed by atoms with E-state index in [9.17, 15) is 5.11 Å². The number of nitrogens with one attached hydrogen (secondary N) is 2. The van der Waals surface area contributed by atoms with Crippen LogP contribution in [0.4, 0.5) is 0 Å². The molecule has 10 heteroatoms. The lowest BCUT2D eigenvalue weighted by molar-refractivity contribution is 0.0528. The summed E-state index contributed by atoms with van der Waals surface area (Å²) < 4.78 is 10.6. The molecule has 4 aliphatic heterocycles. The quantitative estimate of drug-likeness (QED) is 0.481. The summed E-state index contributed by atoms with van der Waals surface area (Å²) in [7, 11) is 1.58. The van der Waals surface area contributed by atoms with Gasteiger partial charge in [-0.1, -0.05) is 11.6 Å². The third kappa shape index (κ3) is 4.51. The van der Waals surface area contributed by atoms with Gasteiger partial charge in [0.1, 0.15) is 5.52 Å². The van der Waals surface area contributed by atoms with Gasteiger partial charge in [0, 0.05) is 61.4 Å². The minimum absolute atomic E-state index is 0.438. The number of aliphatic hydroxyl groups excluding tert-OH is 1. The number of aromatic nitrogens is 2. The lowest BCUT2D eigenvalue weighted by Crippen LogP contribution is -2.50. The van der Waals surface area contributed by atoms with Gasteiger partial charge in [0.25, 0.3) is 0 Å². The van der Waals surface area contributed by atoms with Crippen molar-refractivity contribution in [2.24, 2.45) is 0 Å². The van der Waals surface area contributed by atoms with Crippen molar-refractivity contribution in [3.05, 3.63) is 64.7 Å². The molecule has 3 unspecified atom stereocenters. The smallest absolute Gasteiger partial charge is 0.213 e. The van der Waals surface area contributed by atoms with Gasteiger partial charge in [-0.3, -0.25) is 14.2 Å². The van der Waals surface area contributed by atoms with Crippen molar-refractivity contribution < 1.29 is 9.84 Å². The van der Waals surface area contributed by atoms with E-state index in [2.05, 4.69) is 47.6 Å². The number of fused-ring (bicyclic) bond motifs is 4. The molecule has 3 atom stereocenters. The number of ether oxygens (including phenoxy) is 1. The highest BCUT2D eigenvalue weighted by Crippen LogP contribution is 2.39. The van der Waals surface area contributed by atoms with E-state index in [1.54, 1.807) is 31.5 Å². The van der Waals surface area contributed by atoms with Crippen LogP contribution in [0.1, 0.15) is 37.4 Å².